The summed E-state index contributed by atoms with van der Waals surface area (Å²) >= 11 is 0. The topological polar surface area (TPSA) is 38.1 Å². The Labute approximate surface area is 96.9 Å². The molecule has 1 aromatic heterocycles. The van der Waals surface area contributed by atoms with E-state index < -0.39 is 0 Å². The van der Waals surface area contributed by atoms with Gasteiger partial charge in [-0.25, -0.2) is 0 Å². The van der Waals surface area contributed by atoms with Crippen LogP contribution in [0.3, 0.4) is 0 Å². The second-order valence-electron chi connectivity index (χ2n) is 4.59. The molecular formula is C13H20N2O. The second kappa shape index (κ2) is 4.83. The molecule has 0 aromatic carbocycles. The summed E-state index contributed by atoms with van der Waals surface area (Å²) < 4.78 is 5.20. The van der Waals surface area contributed by atoms with Gasteiger partial charge < -0.3 is 9.84 Å². The molecule has 2 unspecified atom stereocenters. The summed E-state index contributed by atoms with van der Waals surface area (Å²) in [5.41, 5.74) is 2.20. The molecule has 0 aliphatic heterocycles. The molecule has 1 aliphatic rings. The Morgan fingerprint density at radius 1 is 1.50 bits per heavy atom. The number of rotatable bonds is 3. The lowest BCUT2D eigenvalue weighted by molar-refractivity contribution is 0.389. The summed E-state index contributed by atoms with van der Waals surface area (Å²) in [6.45, 7) is 6.15. The largest absolute Gasteiger partial charge is 0.361 e. The van der Waals surface area contributed by atoms with Crippen LogP contribution >= 0.6 is 0 Å². The molecule has 0 radical (unpaired) electrons. The van der Waals surface area contributed by atoms with Gasteiger partial charge in [0.15, 0.2) is 0 Å². The zero-order valence-corrected chi connectivity index (χ0v) is 10.3. The molecule has 0 saturated carbocycles. The van der Waals surface area contributed by atoms with Gasteiger partial charge in [-0.1, -0.05) is 17.3 Å². The van der Waals surface area contributed by atoms with Crippen molar-refractivity contribution in [1.82, 2.24) is 10.5 Å². The fourth-order valence-electron chi connectivity index (χ4n) is 2.46. The number of nitrogens with zero attached hydrogens (tertiary/aromatic N) is 1. The number of aromatic nitrogens is 1. The van der Waals surface area contributed by atoms with Crippen molar-refractivity contribution >= 4 is 0 Å². The van der Waals surface area contributed by atoms with Gasteiger partial charge in [0, 0.05) is 17.6 Å². The van der Waals surface area contributed by atoms with E-state index in [1.807, 2.05) is 13.8 Å². The van der Waals surface area contributed by atoms with E-state index in [9.17, 15) is 0 Å². The Morgan fingerprint density at radius 3 is 2.88 bits per heavy atom. The molecule has 0 spiro atoms. The zero-order chi connectivity index (χ0) is 11.5. The fourth-order valence-corrected chi connectivity index (χ4v) is 2.46. The van der Waals surface area contributed by atoms with Crippen LogP contribution in [0, 0.1) is 13.8 Å². The van der Waals surface area contributed by atoms with Gasteiger partial charge in [0.05, 0.1) is 5.69 Å². The van der Waals surface area contributed by atoms with Crippen LogP contribution in [0.25, 0.3) is 0 Å². The Morgan fingerprint density at radius 2 is 2.31 bits per heavy atom. The Hall–Kier alpha value is -1.09. The van der Waals surface area contributed by atoms with Crippen LogP contribution in [-0.2, 0) is 0 Å². The maximum absolute atomic E-state index is 5.20. The third-order valence-electron chi connectivity index (χ3n) is 3.24. The van der Waals surface area contributed by atoms with E-state index in [0.29, 0.717) is 12.1 Å². The second-order valence-corrected chi connectivity index (χ2v) is 4.59. The smallest absolute Gasteiger partial charge is 0.138 e. The molecule has 1 aliphatic carbocycles. The molecule has 2 atom stereocenters. The third-order valence-corrected chi connectivity index (χ3v) is 3.24. The summed E-state index contributed by atoms with van der Waals surface area (Å²) in [6.07, 6.45) is 8.27. The predicted molar refractivity (Wildman–Crippen MR) is 64.3 cm³/mol. The van der Waals surface area contributed by atoms with E-state index in [1.54, 1.807) is 0 Å². The molecule has 1 N–H and O–H groups in total. The highest BCUT2D eigenvalue weighted by molar-refractivity contribution is 5.24. The van der Waals surface area contributed by atoms with Crippen molar-refractivity contribution < 1.29 is 4.52 Å². The first-order chi connectivity index (χ1) is 7.68. The first-order valence-electron chi connectivity index (χ1n) is 6.04. The van der Waals surface area contributed by atoms with Gasteiger partial charge in [0.2, 0.25) is 0 Å². The van der Waals surface area contributed by atoms with Crippen LogP contribution in [0.4, 0.5) is 0 Å². The highest BCUT2D eigenvalue weighted by Gasteiger charge is 2.19. The molecule has 0 amide bonds. The van der Waals surface area contributed by atoms with Crippen LogP contribution in [0.5, 0.6) is 0 Å². The van der Waals surface area contributed by atoms with Crippen molar-refractivity contribution in [2.75, 3.05) is 0 Å². The minimum absolute atomic E-state index is 0.305. The highest BCUT2D eigenvalue weighted by atomic mass is 16.5. The monoisotopic (exact) mass is 220 g/mol. The molecule has 16 heavy (non-hydrogen) atoms. The molecule has 3 heteroatoms. The van der Waals surface area contributed by atoms with Gasteiger partial charge in [-0.3, -0.25) is 0 Å². The van der Waals surface area contributed by atoms with Crippen molar-refractivity contribution in [3.8, 4) is 0 Å². The Balaban J connectivity index is 2.05. The van der Waals surface area contributed by atoms with E-state index in [2.05, 4.69) is 29.5 Å². The molecule has 2 rings (SSSR count). The van der Waals surface area contributed by atoms with Gasteiger partial charge in [-0.05, 0) is 40.0 Å². The van der Waals surface area contributed by atoms with Crippen LogP contribution in [0.2, 0.25) is 0 Å². The lowest BCUT2D eigenvalue weighted by Crippen LogP contribution is -2.31. The highest BCUT2D eigenvalue weighted by Crippen LogP contribution is 2.22. The van der Waals surface area contributed by atoms with Crippen molar-refractivity contribution in [2.45, 2.75) is 52.1 Å². The molecule has 3 nitrogen and oxygen atoms in total. The predicted octanol–water partition coefficient (Wildman–Crippen LogP) is 3.05. The summed E-state index contributed by atoms with van der Waals surface area (Å²) in [5.74, 6) is 0.928. The summed E-state index contributed by atoms with van der Waals surface area (Å²) in [5, 5.41) is 7.61. The van der Waals surface area contributed by atoms with Crippen molar-refractivity contribution in [1.29, 1.82) is 0 Å². The van der Waals surface area contributed by atoms with Crippen LogP contribution in [-0.4, -0.2) is 11.2 Å². The first-order valence-corrected chi connectivity index (χ1v) is 6.04. The summed E-state index contributed by atoms with van der Waals surface area (Å²) in [6, 6.07) is 0.802. The number of aryl methyl sites for hydroxylation is 2. The van der Waals surface area contributed by atoms with Gasteiger partial charge >= 0.3 is 0 Å². The fraction of sp³-hybridized carbons (Fsp3) is 0.615. The van der Waals surface area contributed by atoms with Crippen LogP contribution in [0.1, 0.15) is 49.2 Å². The maximum atomic E-state index is 5.20. The normalized spacial score (nSPS) is 22.3. The third kappa shape index (κ3) is 2.35. The van der Waals surface area contributed by atoms with E-state index in [1.165, 1.54) is 24.8 Å². The number of hydrogen-bond acceptors (Lipinski definition) is 3. The SMILES string of the molecule is Cc1noc(C)c1C(C)NC1C=CCCC1. The molecule has 88 valence electrons. The van der Waals surface area contributed by atoms with Gasteiger partial charge in [0.1, 0.15) is 5.76 Å². The van der Waals surface area contributed by atoms with E-state index in [4.69, 9.17) is 4.52 Å². The summed E-state index contributed by atoms with van der Waals surface area (Å²) in [4.78, 5) is 0. The molecule has 0 saturated heterocycles. The molecule has 0 fully saturated rings. The Kier molecular flexibility index (Phi) is 3.44. The van der Waals surface area contributed by atoms with Gasteiger partial charge in [-0.15, -0.1) is 0 Å². The lowest BCUT2D eigenvalue weighted by atomic mass is 10.00. The van der Waals surface area contributed by atoms with E-state index in [0.717, 1.165) is 11.5 Å². The van der Waals surface area contributed by atoms with Crippen LogP contribution < -0.4 is 5.32 Å². The minimum atomic E-state index is 0.305. The maximum Gasteiger partial charge on any atom is 0.138 e. The van der Waals surface area contributed by atoms with Crippen LogP contribution in [0.15, 0.2) is 16.7 Å². The first kappa shape index (κ1) is 11.4. The minimum Gasteiger partial charge on any atom is -0.361 e. The quantitative estimate of drug-likeness (QED) is 0.796. The van der Waals surface area contributed by atoms with Gasteiger partial charge in [-0.2, -0.15) is 0 Å². The molecule has 0 bridgehead atoms. The average molecular weight is 220 g/mol. The van der Waals surface area contributed by atoms with Gasteiger partial charge in [0.25, 0.3) is 0 Å². The van der Waals surface area contributed by atoms with Crippen molar-refractivity contribution in [3.63, 3.8) is 0 Å². The standard InChI is InChI=1S/C13H20N2O/c1-9(13-10(2)15-16-11(13)3)14-12-7-5-4-6-8-12/h5,7,9,12,14H,4,6,8H2,1-3H3. The Bertz CT molecular complexity index is 362. The van der Waals surface area contributed by atoms with Crippen molar-refractivity contribution in [3.05, 3.63) is 29.2 Å². The number of hydrogen-bond donors (Lipinski definition) is 1. The van der Waals surface area contributed by atoms with E-state index >= 15 is 0 Å². The zero-order valence-electron chi connectivity index (χ0n) is 10.3. The number of nitrogens with one attached hydrogen (secondary N) is 1. The molecule has 1 heterocycles. The lowest BCUT2D eigenvalue weighted by Gasteiger charge is -2.22. The average Bonchev–Trinajstić information content (AvgIpc) is 2.60. The van der Waals surface area contributed by atoms with E-state index in [-0.39, 0.29) is 0 Å². The summed E-state index contributed by atoms with van der Waals surface area (Å²) in [7, 11) is 0. The molecular weight excluding hydrogens is 200 g/mol. The molecule has 1 aromatic rings. The van der Waals surface area contributed by atoms with Crippen molar-refractivity contribution in [2.24, 2.45) is 0 Å². The number of allylic oxidation sites excluding steroid dienone is 1.